The number of carbonyl (C=O) groups is 3. The van der Waals surface area contributed by atoms with E-state index in [-0.39, 0.29) is 5.91 Å². The lowest BCUT2D eigenvalue weighted by molar-refractivity contribution is -0.139. The van der Waals surface area contributed by atoms with E-state index in [0.717, 1.165) is 46.6 Å². The Labute approximate surface area is 242 Å². The second-order valence-electron chi connectivity index (χ2n) is 12.5. The van der Waals surface area contributed by atoms with Gasteiger partial charge in [-0.25, -0.2) is 4.79 Å². The summed E-state index contributed by atoms with van der Waals surface area (Å²) in [7, 11) is 0. The molecule has 6 nitrogen and oxygen atoms in total. The predicted octanol–water partition coefficient (Wildman–Crippen LogP) is 5.86. The molecule has 7 heteroatoms. The minimum absolute atomic E-state index is 0.0908. The van der Waals surface area contributed by atoms with E-state index in [1.54, 1.807) is 17.8 Å². The number of carbonyl (C=O) groups excluding carboxylic acids is 2. The molecule has 40 heavy (non-hydrogen) atoms. The molecule has 214 valence electrons. The molecule has 4 saturated carbocycles. The molecule has 0 heterocycles. The normalized spacial score (nSPS) is 25.4. The largest absolute Gasteiger partial charge is 0.480 e. The Morgan fingerprint density at radius 2 is 1.68 bits per heavy atom. The zero-order chi connectivity index (χ0) is 28.3. The number of rotatable bonds is 12. The van der Waals surface area contributed by atoms with Gasteiger partial charge in [0.05, 0.1) is 0 Å². The number of hydrogen-bond donors (Lipinski definition) is 3. The summed E-state index contributed by atoms with van der Waals surface area (Å²) < 4.78 is 0. The van der Waals surface area contributed by atoms with Crippen molar-refractivity contribution in [3.8, 4) is 11.1 Å². The van der Waals surface area contributed by atoms with Crippen LogP contribution < -0.4 is 10.6 Å². The first-order valence-electron chi connectivity index (χ1n) is 14.7. The Morgan fingerprint density at radius 1 is 1.00 bits per heavy atom. The van der Waals surface area contributed by atoms with E-state index in [0.29, 0.717) is 36.0 Å². The number of carboxylic acids is 1. The molecule has 2 aromatic rings. The van der Waals surface area contributed by atoms with Gasteiger partial charge in [0, 0.05) is 18.5 Å². The van der Waals surface area contributed by atoms with Crippen molar-refractivity contribution in [2.24, 2.45) is 23.2 Å². The quantitative estimate of drug-likeness (QED) is 0.301. The summed E-state index contributed by atoms with van der Waals surface area (Å²) in [5, 5.41) is 15.6. The maximum absolute atomic E-state index is 13.3. The summed E-state index contributed by atoms with van der Waals surface area (Å²) in [6, 6.07) is 12.6. The highest BCUT2D eigenvalue weighted by Gasteiger charge is 2.50. The number of carboxylic acid groups (broad SMARTS) is 1. The lowest BCUT2D eigenvalue weighted by Gasteiger charge is -2.56. The van der Waals surface area contributed by atoms with Crippen molar-refractivity contribution in [2.45, 2.75) is 70.8 Å². The molecule has 4 aliphatic carbocycles. The average molecular weight is 563 g/mol. The molecule has 2 amide bonds. The topological polar surface area (TPSA) is 95.5 Å². The van der Waals surface area contributed by atoms with Gasteiger partial charge in [0.25, 0.3) is 5.91 Å². The van der Waals surface area contributed by atoms with Gasteiger partial charge >= 0.3 is 5.97 Å². The standard InChI is InChI=1S/C33H42N2O4S/c1-21-5-3-4-6-26(21)28-16-22(7-9-27(28)31(37)35-29(32(38)39)11-12-40-2)8-10-30(36)34-20-33-17-23-13-24(18-33)15-25(14-23)19-33/h3-7,9,16,23-25,29H,8,10-15,17-20H2,1-2H3,(H,34,36)(H,35,37)(H,38,39). The molecule has 0 radical (unpaired) electrons. The van der Waals surface area contributed by atoms with Crippen LogP contribution in [0.25, 0.3) is 11.1 Å². The number of benzene rings is 2. The Bertz CT molecular complexity index is 1220. The lowest BCUT2D eigenvalue weighted by atomic mass is 9.49. The molecule has 4 bridgehead atoms. The number of thioether (sulfide) groups is 1. The minimum atomic E-state index is -1.03. The van der Waals surface area contributed by atoms with Crippen LogP contribution in [0.4, 0.5) is 0 Å². The van der Waals surface area contributed by atoms with Crippen LogP contribution >= 0.6 is 11.8 Å². The van der Waals surface area contributed by atoms with Crippen molar-refractivity contribution >= 4 is 29.5 Å². The van der Waals surface area contributed by atoms with Gasteiger partial charge in [0.15, 0.2) is 0 Å². The van der Waals surface area contributed by atoms with E-state index in [1.165, 1.54) is 38.5 Å². The van der Waals surface area contributed by atoms with Gasteiger partial charge in [-0.2, -0.15) is 11.8 Å². The third-order valence-corrected chi connectivity index (χ3v) is 10.1. The molecule has 4 fully saturated rings. The molecule has 1 unspecified atom stereocenters. The van der Waals surface area contributed by atoms with E-state index in [4.69, 9.17) is 0 Å². The molecule has 0 aliphatic heterocycles. The Morgan fingerprint density at radius 3 is 2.30 bits per heavy atom. The van der Waals surface area contributed by atoms with Crippen LogP contribution in [0.2, 0.25) is 0 Å². The third kappa shape index (κ3) is 6.56. The van der Waals surface area contributed by atoms with Crippen LogP contribution in [-0.2, 0) is 16.0 Å². The summed E-state index contributed by atoms with van der Waals surface area (Å²) in [6.07, 6.45) is 11.3. The average Bonchev–Trinajstić information content (AvgIpc) is 2.92. The minimum Gasteiger partial charge on any atom is -0.480 e. The monoisotopic (exact) mass is 562 g/mol. The van der Waals surface area contributed by atoms with Crippen molar-refractivity contribution in [1.29, 1.82) is 0 Å². The Hall–Kier alpha value is -2.80. The fraction of sp³-hybridized carbons (Fsp3) is 0.545. The van der Waals surface area contributed by atoms with Crippen LogP contribution in [0.15, 0.2) is 42.5 Å². The molecule has 0 spiro atoms. The smallest absolute Gasteiger partial charge is 0.326 e. The second kappa shape index (κ2) is 12.4. The van der Waals surface area contributed by atoms with Crippen molar-refractivity contribution in [3.63, 3.8) is 0 Å². The van der Waals surface area contributed by atoms with Gasteiger partial charge in [-0.1, -0.05) is 36.4 Å². The molecule has 4 aliphatic rings. The number of hydrogen-bond acceptors (Lipinski definition) is 4. The van der Waals surface area contributed by atoms with E-state index in [2.05, 4.69) is 10.6 Å². The molecular formula is C33H42N2O4S. The first-order chi connectivity index (χ1) is 19.2. The fourth-order valence-corrected chi connectivity index (χ4v) is 8.38. The number of aryl methyl sites for hydroxylation is 2. The van der Waals surface area contributed by atoms with Crippen LogP contribution in [0.3, 0.4) is 0 Å². The predicted molar refractivity (Wildman–Crippen MR) is 160 cm³/mol. The first-order valence-corrected chi connectivity index (χ1v) is 16.1. The fourth-order valence-electron chi connectivity index (χ4n) is 7.91. The zero-order valence-corrected chi connectivity index (χ0v) is 24.5. The van der Waals surface area contributed by atoms with Gasteiger partial charge in [0.2, 0.25) is 5.91 Å². The number of aliphatic carboxylic acids is 1. The third-order valence-electron chi connectivity index (χ3n) is 9.44. The summed E-state index contributed by atoms with van der Waals surface area (Å²) >= 11 is 1.55. The SMILES string of the molecule is CSCCC(NC(=O)c1ccc(CCC(=O)NCC23CC4CC(CC(C4)C2)C3)cc1-c1ccccc1C)C(=O)O. The van der Waals surface area contributed by atoms with Crippen LogP contribution in [0, 0.1) is 30.1 Å². The van der Waals surface area contributed by atoms with E-state index < -0.39 is 17.9 Å². The van der Waals surface area contributed by atoms with E-state index in [1.807, 2.05) is 49.6 Å². The Balaban J connectivity index is 1.26. The van der Waals surface area contributed by atoms with Crippen molar-refractivity contribution in [1.82, 2.24) is 10.6 Å². The maximum atomic E-state index is 13.3. The summed E-state index contributed by atoms with van der Waals surface area (Å²) in [6.45, 7) is 2.81. The van der Waals surface area contributed by atoms with E-state index >= 15 is 0 Å². The highest BCUT2D eigenvalue weighted by Crippen LogP contribution is 2.59. The summed E-state index contributed by atoms with van der Waals surface area (Å²) in [5.41, 5.74) is 4.46. The van der Waals surface area contributed by atoms with Crippen molar-refractivity contribution in [3.05, 3.63) is 59.2 Å². The van der Waals surface area contributed by atoms with Crippen molar-refractivity contribution < 1.29 is 19.5 Å². The second-order valence-corrected chi connectivity index (χ2v) is 13.5. The van der Waals surface area contributed by atoms with Gasteiger partial charge < -0.3 is 15.7 Å². The van der Waals surface area contributed by atoms with Gasteiger partial charge in [0.1, 0.15) is 6.04 Å². The summed E-state index contributed by atoms with van der Waals surface area (Å²) in [4.78, 5) is 38.0. The van der Waals surface area contributed by atoms with Gasteiger partial charge in [-0.15, -0.1) is 0 Å². The molecule has 1 atom stereocenters. The molecule has 2 aromatic carbocycles. The molecule has 0 aromatic heterocycles. The van der Waals surface area contributed by atoms with Crippen LogP contribution in [-0.4, -0.2) is 47.5 Å². The van der Waals surface area contributed by atoms with Crippen molar-refractivity contribution in [2.75, 3.05) is 18.6 Å². The number of nitrogens with one attached hydrogen (secondary N) is 2. The summed E-state index contributed by atoms with van der Waals surface area (Å²) in [5.74, 6) is 1.92. The Kier molecular flexibility index (Phi) is 8.89. The number of amides is 2. The van der Waals surface area contributed by atoms with Gasteiger partial charge in [-0.05, 0) is 122 Å². The van der Waals surface area contributed by atoms with E-state index in [9.17, 15) is 19.5 Å². The highest BCUT2D eigenvalue weighted by atomic mass is 32.2. The van der Waals surface area contributed by atoms with Crippen LogP contribution in [0.1, 0.15) is 72.9 Å². The molecule has 3 N–H and O–H groups in total. The first kappa shape index (κ1) is 28.7. The lowest BCUT2D eigenvalue weighted by Crippen LogP contribution is -2.51. The highest BCUT2D eigenvalue weighted by molar-refractivity contribution is 7.98. The maximum Gasteiger partial charge on any atom is 0.326 e. The zero-order valence-electron chi connectivity index (χ0n) is 23.7. The van der Waals surface area contributed by atoms with Gasteiger partial charge in [-0.3, -0.25) is 9.59 Å². The molecule has 6 rings (SSSR count). The van der Waals surface area contributed by atoms with Crippen LogP contribution in [0.5, 0.6) is 0 Å². The molecular weight excluding hydrogens is 520 g/mol. The molecule has 0 saturated heterocycles.